The van der Waals surface area contributed by atoms with Crippen molar-refractivity contribution in [3.8, 4) is 0 Å². The molecule has 1 saturated heterocycles. The SMILES string of the molecule is CCOC(=O)c1[nH]c(C)c(C(=O)N2CCC[C@@](O)(CO)C2)c1C. The van der Waals surface area contributed by atoms with Gasteiger partial charge in [-0.1, -0.05) is 0 Å². The summed E-state index contributed by atoms with van der Waals surface area (Å²) in [4.78, 5) is 29.2. The second-order valence-electron chi connectivity index (χ2n) is 6.06. The summed E-state index contributed by atoms with van der Waals surface area (Å²) in [5, 5.41) is 19.5. The predicted octanol–water partition coefficient (Wildman–Crippen LogP) is 0.768. The van der Waals surface area contributed by atoms with Crippen LogP contribution in [0.2, 0.25) is 0 Å². The van der Waals surface area contributed by atoms with Crippen molar-refractivity contribution in [2.45, 2.75) is 39.2 Å². The van der Waals surface area contributed by atoms with E-state index in [2.05, 4.69) is 4.98 Å². The normalized spacial score (nSPS) is 21.3. The highest BCUT2D eigenvalue weighted by Crippen LogP contribution is 2.25. The summed E-state index contributed by atoms with van der Waals surface area (Å²) in [5.74, 6) is -0.740. The highest BCUT2D eigenvalue weighted by molar-refractivity contribution is 6.01. The largest absolute Gasteiger partial charge is 0.461 e. The summed E-state index contributed by atoms with van der Waals surface area (Å²) < 4.78 is 4.98. The van der Waals surface area contributed by atoms with Gasteiger partial charge in [0.1, 0.15) is 11.3 Å². The molecule has 3 N–H and O–H groups in total. The highest BCUT2D eigenvalue weighted by Gasteiger charge is 2.36. The van der Waals surface area contributed by atoms with Crippen molar-refractivity contribution in [1.82, 2.24) is 9.88 Å². The highest BCUT2D eigenvalue weighted by atomic mass is 16.5. The van der Waals surface area contributed by atoms with Crippen LogP contribution >= 0.6 is 0 Å². The lowest BCUT2D eigenvalue weighted by atomic mass is 9.93. The number of carbonyl (C=O) groups excluding carboxylic acids is 2. The van der Waals surface area contributed by atoms with Gasteiger partial charge >= 0.3 is 5.97 Å². The lowest BCUT2D eigenvalue weighted by Gasteiger charge is -2.38. The second kappa shape index (κ2) is 6.72. The molecule has 2 rings (SSSR count). The van der Waals surface area contributed by atoms with Crippen LogP contribution in [-0.4, -0.2) is 63.9 Å². The minimum atomic E-state index is -1.25. The van der Waals surface area contributed by atoms with Gasteiger partial charge in [-0.2, -0.15) is 0 Å². The zero-order valence-corrected chi connectivity index (χ0v) is 13.8. The van der Waals surface area contributed by atoms with Crippen LogP contribution in [0.1, 0.15) is 51.9 Å². The van der Waals surface area contributed by atoms with E-state index >= 15 is 0 Å². The third-order valence-electron chi connectivity index (χ3n) is 4.27. The number of aryl methyl sites for hydroxylation is 1. The van der Waals surface area contributed by atoms with Crippen LogP contribution in [0.15, 0.2) is 0 Å². The lowest BCUT2D eigenvalue weighted by Crippen LogP contribution is -2.52. The number of piperidine rings is 1. The van der Waals surface area contributed by atoms with E-state index in [0.717, 1.165) is 0 Å². The van der Waals surface area contributed by atoms with E-state index in [1.807, 2.05) is 0 Å². The maximum atomic E-state index is 12.8. The summed E-state index contributed by atoms with van der Waals surface area (Å²) in [6.07, 6.45) is 1.09. The minimum Gasteiger partial charge on any atom is -0.461 e. The molecule has 2 heterocycles. The number of H-pyrrole nitrogens is 1. The van der Waals surface area contributed by atoms with Crippen molar-refractivity contribution in [2.75, 3.05) is 26.3 Å². The Bertz CT molecular complexity index is 610. The van der Waals surface area contributed by atoms with Gasteiger partial charge in [0.15, 0.2) is 0 Å². The number of likely N-dealkylation sites (tertiary alicyclic amines) is 1. The molecular weight excluding hydrogens is 300 g/mol. The second-order valence-corrected chi connectivity index (χ2v) is 6.06. The van der Waals surface area contributed by atoms with E-state index < -0.39 is 11.6 Å². The first-order chi connectivity index (χ1) is 10.8. The van der Waals surface area contributed by atoms with Crippen LogP contribution in [-0.2, 0) is 4.74 Å². The van der Waals surface area contributed by atoms with Gasteiger partial charge in [-0.25, -0.2) is 4.79 Å². The topological polar surface area (TPSA) is 103 Å². The number of amides is 1. The Morgan fingerprint density at radius 2 is 2.09 bits per heavy atom. The van der Waals surface area contributed by atoms with Crippen LogP contribution in [0, 0.1) is 13.8 Å². The molecule has 1 atom stereocenters. The third-order valence-corrected chi connectivity index (χ3v) is 4.27. The van der Waals surface area contributed by atoms with Gasteiger partial charge in [-0.15, -0.1) is 0 Å². The van der Waals surface area contributed by atoms with E-state index in [9.17, 15) is 19.8 Å². The molecule has 0 aromatic carbocycles. The molecule has 0 saturated carbocycles. The zero-order chi connectivity index (χ0) is 17.2. The van der Waals surface area contributed by atoms with Crippen molar-refractivity contribution in [3.63, 3.8) is 0 Å². The molecule has 1 aliphatic heterocycles. The fraction of sp³-hybridized carbons (Fsp3) is 0.625. The Labute approximate surface area is 135 Å². The molecule has 0 spiro atoms. The standard InChI is InChI=1S/C16H24N2O5/c1-4-23-15(21)13-10(2)12(11(3)17-13)14(20)18-7-5-6-16(22,8-18)9-19/h17,19,22H,4-9H2,1-3H3/t16-/m0/s1. The molecule has 0 aliphatic carbocycles. The number of ether oxygens (including phenoxy) is 1. The molecular formula is C16H24N2O5. The maximum Gasteiger partial charge on any atom is 0.355 e. The van der Waals surface area contributed by atoms with Crippen molar-refractivity contribution < 1.29 is 24.5 Å². The van der Waals surface area contributed by atoms with Gasteiger partial charge < -0.3 is 24.8 Å². The average molecular weight is 324 g/mol. The van der Waals surface area contributed by atoms with Crippen molar-refractivity contribution in [3.05, 3.63) is 22.5 Å². The van der Waals surface area contributed by atoms with E-state index in [1.165, 1.54) is 4.90 Å². The Hall–Kier alpha value is -1.86. The Kier molecular flexibility index (Phi) is 5.11. The summed E-state index contributed by atoms with van der Waals surface area (Å²) >= 11 is 0. The molecule has 1 amide bonds. The number of aliphatic hydroxyl groups is 2. The van der Waals surface area contributed by atoms with Crippen molar-refractivity contribution in [1.29, 1.82) is 0 Å². The van der Waals surface area contributed by atoms with Gasteiger partial charge in [-0.3, -0.25) is 4.79 Å². The van der Waals surface area contributed by atoms with Gasteiger partial charge in [-0.05, 0) is 39.2 Å². The monoisotopic (exact) mass is 324 g/mol. The number of nitrogens with zero attached hydrogens (tertiary/aromatic N) is 1. The molecule has 1 aliphatic rings. The van der Waals surface area contributed by atoms with Gasteiger partial charge in [0.05, 0.1) is 25.3 Å². The fourth-order valence-corrected chi connectivity index (χ4v) is 3.05. The molecule has 23 heavy (non-hydrogen) atoms. The number of rotatable bonds is 4. The first kappa shape index (κ1) is 17.5. The maximum absolute atomic E-state index is 12.8. The predicted molar refractivity (Wildman–Crippen MR) is 83.4 cm³/mol. The fourth-order valence-electron chi connectivity index (χ4n) is 3.05. The molecule has 7 nitrogen and oxygen atoms in total. The quantitative estimate of drug-likeness (QED) is 0.710. The number of β-amino-alcohol motifs (C(OH)–C–C–N with tert-alkyl or cyclic N) is 1. The van der Waals surface area contributed by atoms with Crippen LogP contribution < -0.4 is 0 Å². The summed E-state index contributed by atoms with van der Waals surface area (Å²) in [5.41, 5.74) is 0.589. The molecule has 0 unspecified atom stereocenters. The van der Waals surface area contributed by atoms with Crippen molar-refractivity contribution >= 4 is 11.9 Å². The number of nitrogens with one attached hydrogen (secondary N) is 1. The molecule has 0 bridgehead atoms. The van der Waals surface area contributed by atoms with Gasteiger partial charge in [0.25, 0.3) is 5.91 Å². The number of aliphatic hydroxyl groups excluding tert-OH is 1. The third kappa shape index (κ3) is 3.40. The smallest absolute Gasteiger partial charge is 0.355 e. The van der Waals surface area contributed by atoms with Crippen LogP contribution in [0.3, 0.4) is 0 Å². The van der Waals surface area contributed by atoms with Crippen LogP contribution in [0.4, 0.5) is 0 Å². The van der Waals surface area contributed by atoms with Crippen molar-refractivity contribution in [2.24, 2.45) is 0 Å². The molecule has 128 valence electrons. The molecule has 1 aromatic heterocycles. The number of hydrogen-bond donors (Lipinski definition) is 3. The summed E-state index contributed by atoms with van der Waals surface area (Å²) in [6, 6.07) is 0. The lowest BCUT2D eigenvalue weighted by molar-refractivity contribution is -0.0598. The summed E-state index contributed by atoms with van der Waals surface area (Å²) in [7, 11) is 0. The van der Waals surface area contributed by atoms with Gasteiger partial charge in [0, 0.05) is 12.2 Å². The first-order valence-electron chi connectivity index (χ1n) is 7.81. The molecule has 7 heteroatoms. The molecule has 1 aromatic rings. The molecule has 0 radical (unpaired) electrons. The number of aromatic amines is 1. The average Bonchev–Trinajstić information content (AvgIpc) is 2.82. The van der Waals surface area contributed by atoms with Crippen LogP contribution in [0.5, 0.6) is 0 Å². The summed E-state index contributed by atoms with van der Waals surface area (Å²) in [6.45, 7) is 5.63. The van der Waals surface area contributed by atoms with E-state index in [0.29, 0.717) is 36.2 Å². The van der Waals surface area contributed by atoms with Crippen LogP contribution in [0.25, 0.3) is 0 Å². The number of hydrogen-bond acceptors (Lipinski definition) is 5. The Morgan fingerprint density at radius 1 is 1.39 bits per heavy atom. The number of aromatic nitrogens is 1. The van der Waals surface area contributed by atoms with Gasteiger partial charge in [0.2, 0.25) is 0 Å². The Morgan fingerprint density at radius 3 is 2.70 bits per heavy atom. The van der Waals surface area contributed by atoms with E-state index in [4.69, 9.17) is 4.74 Å². The number of esters is 1. The first-order valence-corrected chi connectivity index (χ1v) is 7.81. The van der Waals surface area contributed by atoms with E-state index in [1.54, 1.807) is 20.8 Å². The van der Waals surface area contributed by atoms with E-state index in [-0.39, 0.29) is 31.4 Å². The number of carbonyl (C=O) groups is 2. The Balaban J connectivity index is 2.28. The minimum absolute atomic E-state index is 0.0845. The molecule has 1 fully saturated rings. The zero-order valence-electron chi connectivity index (χ0n) is 13.8.